The number of benzene rings is 9. The van der Waals surface area contributed by atoms with Crippen LogP contribution in [0.2, 0.25) is 0 Å². The van der Waals surface area contributed by atoms with E-state index < -0.39 is 5.41 Å². The van der Waals surface area contributed by atoms with Gasteiger partial charge < -0.3 is 4.90 Å². The highest BCUT2D eigenvalue weighted by atomic mass is 15.1. The molecule has 9 aromatic rings. The summed E-state index contributed by atoms with van der Waals surface area (Å²) in [5.41, 5.74) is 19.7. The molecule has 0 bridgehead atoms. The molecule has 11 rings (SSSR count). The van der Waals surface area contributed by atoms with Crippen LogP contribution in [-0.4, -0.2) is 0 Å². The van der Waals surface area contributed by atoms with Crippen LogP contribution in [0.25, 0.3) is 55.3 Å². The summed E-state index contributed by atoms with van der Waals surface area (Å²) < 4.78 is 0. The van der Waals surface area contributed by atoms with Crippen molar-refractivity contribution in [3.05, 3.63) is 234 Å². The van der Waals surface area contributed by atoms with Crippen molar-refractivity contribution in [2.45, 2.75) is 12.3 Å². The number of hydrogen-bond acceptors (Lipinski definition) is 1. The van der Waals surface area contributed by atoms with Crippen molar-refractivity contribution in [1.82, 2.24) is 0 Å². The van der Waals surface area contributed by atoms with Crippen LogP contribution in [0, 0.1) is 6.92 Å². The van der Waals surface area contributed by atoms with E-state index in [9.17, 15) is 0 Å². The van der Waals surface area contributed by atoms with E-state index in [2.05, 4.69) is 218 Å². The molecule has 1 nitrogen and oxygen atoms in total. The summed E-state index contributed by atoms with van der Waals surface area (Å²) in [5.74, 6) is 0. The summed E-state index contributed by atoms with van der Waals surface area (Å²) in [6, 6.07) is 76.5. The Hall–Kier alpha value is -6.96. The zero-order valence-electron chi connectivity index (χ0n) is 30.6. The Morgan fingerprint density at radius 1 is 0.309 bits per heavy atom. The third kappa shape index (κ3) is 4.80. The van der Waals surface area contributed by atoms with Gasteiger partial charge in [-0.05, 0) is 133 Å². The van der Waals surface area contributed by atoms with Gasteiger partial charge in [0.15, 0.2) is 0 Å². The molecule has 0 amide bonds. The maximum Gasteiger partial charge on any atom is 0.0726 e. The molecule has 1 spiro atoms. The first-order valence-electron chi connectivity index (χ1n) is 19.2. The molecule has 0 radical (unpaired) electrons. The standard InChI is InChI=1S/C54H37N/c1-36-19-21-38(22-20-36)40-25-29-44(30-26-40)55(43-27-23-39(24-28-43)37-11-3-2-4-12-37)45-31-32-48-49-33-41-13-5-6-14-42(41)34-52(49)54(53(48)35-45)50-17-9-7-15-46(50)47-16-8-10-18-51(47)54/h2-35H,1H3. The largest absolute Gasteiger partial charge is 0.310 e. The minimum Gasteiger partial charge on any atom is -0.310 e. The number of aryl methyl sites for hydroxylation is 1. The van der Waals surface area contributed by atoms with E-state index >= 15 is 0 Å². The number of anilines is 3. The van der Waals surface area contributed by atoms with Gasteiger partial charge >= 0.3 is 0 Å². The molecule has 2 aliphatic rings. The second-order valence-electron chi connectivity index (χ2n) is 15.0. The first kappa shape index (κ1) is 31.6. The van der Waals surface area contributed by atoms with Crippen molar-refractivity contribution < 1.29 is 0 Å². The molecule has 55 heavy (non-hydrogen) atoms. The first-order valence-corrected chi connectivity index (χ1v) is 19.2. The van der Waals surface area contributed by atoms with Crippen LogP contribution in [0.15, 0.2) is 206 Å². The van der Waals surface area contributed by atoms with Gasteiger partial charge in [-0.2, -0.15) is 0 Å². The highest BCUT2D eigenvalue weighted by Gasteiger charge is 2.51. The highest BCUT2D eigenvalue weighted by molar-refractivity contribution is 6.00. The van der Waals surface area contributed by atoms with Crippen LogP contribution in [0.3, 0.4) is 0 Å². The fourth-order valence-corrected chi connectivity index (χ4v) is 9.38. The van der Waals surface area contributed by atoms with Crippen molar-refractivity contribution >= 4 is 27.8 Å². The Morgan fingerprint density at radius 2 is 0.745 bits per heavy atom. The van der Waals surface area contributed by atoms with E-state index in [1.807, 2.05) is 0 Å². The van der Waals surface area contributed by atoms with Crippen LogP contribution in [0.1, 0.15) is 27.8 Å². The molecule has 0 aliphatic heterocycles. The normalized spacial score (nSPS) is 13.0. The van der Waals surface area contributed by atoms with Gasteiger partial charge in [-0.3, -0.25) is 0 Å². The van der Waals surface area contributed by atoms with Crippen molar-refractivity contribution in [1.29, 1.82) is 0 Å². The Balaban J connectivity index is 1.14. The Morgan fingerprint density at radius 3 is 1.35 bits per heavy atom. The van der Waals surface area contributed by atoms with E-state index in [4.69, 9.17) is 0 Å². The molecule has 0 N–H and O–H groups in total. The van der Waals surface area contributed by atoms with Gasteiger partial charge in [0.25, 0.3) is 0 Å². The average molecular weight is 700 g/mol. The Labute approximate surface area is 322 Å². The number of nitrogens with zero attached hydrogens (tertiary/aromatic N) is 1. The zero-order chi connectivity index (χ0) is 36.5. The first-order chi connectivity index (χ1) is 27.2. The lowest BCUT2D eigenvalue weighted by atomic mass is 9.70. The fraction of sp³-hybridized carbons (Fsp3) is 0.0370. The zero-order valence-corrected chi connectivity index (χ0v) is 30.6. The predicted molar refractivity (Wildman–Crippen MR) is 231 cm³/mol. The quantitative estimate of drug-likeness (QED) is 0.173. The van der Waals surface area contributed by atoms with Gasteiger partial charge in [0.2, 0.25) is 0 Å². The maximum absolute atomic E-state index is 2.48. The van der Waals surface area contributed by atoms with Crippen LogP contribution in [0.5, 0.6) is 0 Å². The highest BCUT2D eigenvalue weighted by Crippen LogP contribution is 2.63. The molecule has 0 saturated heterocycles. The molecule has 0 fully saturated rings. The maximum atomic E-state index is 2.48. The molecule has 0 unspecified atom stereocenters. The molecule has 0 saturated carbocycles. The molecular weight excluding hydrogens is 663 g/mol. The van der Waals surface area contributed by atoms with Gasteiger partial charge in [-0.25, -0.2) is 0 Å². The van der Waals surface area contributed by atoms with E-state index in [0.29, 0.717) is 0 Å². The van der Waals surface area contributed by atoms with E-state index in [-0.39, 0.29) is 0 Å². The van der Waals surface area contributed by atoms with Crippen molar-refractivity contribution in [2.75, 3.05) is 4.90 Å². The lowest BCUT2D eigenvalue weighted by Gasteiger charge is -2.32. The lowest BCUT2D eigenvalue weighted by molar-refractivity contribution is 0.795. The van der Waals surface area contributed by atoms with Gasteiger partial charge in [-0.1, -0.05) is 163 Å². The summed E-state index contributed by atoms with van der Waals surface area (Å²) in [5, 5.41) is 2.53. The van der Waals surface area contributed by atoms with Gasteiger partial charge in [0.1, 0.15) is 0 Å². The van der Waals surface area contributed by atoms with Crippen LogP contribution < -0.4 is 4.90 Å². The summed E-state index contributed by atoms with van der Waals surface area (Å²) >= 11 is 0. The minimum absolute atomic E-state index is 0.448. The number of rotatable bonds is 5. The monoisotopic (exact) mass is 699 g/mol. The SMILES string of the molecule is Cc1ccc(-c2ccc(N(c3ccc(-c4ccccc4)cc3)c3ccc4c(c3)C3(c5ccccc5-c5ccccc53)c3cc5ccccc5cc3-4)cc2)cc1. The smallest absolute Gasteiger partial charge is 0.0726 e. The summed E-state index contributed by atoms with van der Waals surface area (Å²) in [7, 11) is 0. The third-order valence-corrected chi connectivity index (χ3v) is 11.9. The van der Waals surface area contributed by atoms with Crippen LogP contribution >= 0.6 is 0 Å². The van der Waals surface area contributed by atoms with Gasteiger partial charge in [0.05, 0.1) is 5.41 Å². The van der Waals surface area contributed by atoms with E-state index in [1.165, 1.54) is 83.1 Å². The molecule has 0 atom stereocenters. The van der Waals surface area contributed by atoms with Gasteiger partial charge in [0, 0.05) is 17.1 Å². The molecule has 0 aromatic heterocycles. The summed E-state index contributed by atoms with van der Waals surface area (Å²) in [6.45, 7) is 2.14. The molecule has 258 valence electrons. The summed E-state index contributed by atoms with van der Waals surface area (Å²) in [4.78, 5) is 2.42. The fourth-order valence-electron chi connectivity index (χ4n) is 9.38. The van der Waals surface area contributed by atoms with Crippen molar-refractivity contribution in [2.24, 2.45) is 0 Å². The predicted octanol–water partition coefficient (Wildman–Crippen LogP) is 14.3. The van der Waals surface area contributed by atoms with Gasteiger partial charge in [-0.15, -0.1) is 0 Å². The van der Waals surface area contributed by atoms with E-state index in [1.54, 1.807) is 0 Å². The van der Waals surface area contributed by atoms with E-state index in [0.717, 1.165) is 17.1 Å². The third-order valence-electron chi connectivity index (χ3n) is 11.9. The number of fused-ring (bicyclic) bond motifs is 11. The summed E-state index contributed by atoms with van der Waals surface area (Å²) in [6.07, 6.45) is 0. The topological polar surface area (TPSA) is 3.24 Å². The number of hydrogen-bond donors (Lipinski definition) is 0. The van der Waals surface area contributed by atoms with Crippen molar-refractivity contribution in [3.8, 4) is 44.5 Å². The average Bonchev–Trinajstić information content (AvgIpc) is 3.70. The van der Waals surface area contributed by atoms with Crippen LogP contribution in [-0.2, 0) is 5.41 Å². The van der Waals surface area contributed by atoms with Crippen molar-refractivity contribution in [3.63, 3.8) is 0 Å². The Bertz CT molecular complexity index is 2860. The van der Waals surface area contributed by atoms with Crippen LogP contribution in [0.4, 0.5) is 17.1 Å². The second-order valence-corrected chi connectivity index (χ2v) is 15.0. The molecule has 0 heterocycles. The molecular formula is C54H37N. The molecule has 2 aliphatic carbocycles. The minimum atomic E-state index is -0.448. The second kappa shape index (κ2) is 12.3. The Kier molecular flexibility index (Phi) is 7.06. The molecule has 1 heteroatoms. The lowest BCUT2D eigenvalue weighted by Crippen LogP contribution is -2.26. The molecule has 9 aromatic carbocycles.